The number of fused-ring (bicyclic) bond motifs is 4. The summed E-state index contributed by atoms with van der Waals surface area (Å²) >= 11 is 6.69. The molecule has 2 bridgehead atoms. The molecule has 4 heterocycles. The van der Waals surface area contributed by atoms with Crippen molar-refractivity contribution in [3.8, 4) is 5.75 Å². The van der Waals surface area contributed by atoms with Gasteiger partial charge in [-0.05, 0) is 42.2 Å². The molecule has 0 radical (unpaired) electrons. The van der Waals surface area contributed by atoms with Crippen LogP contribution in [0, 0.1) is 5.92 Å². The Morgan fingerprint density at radius 2 is 1.94 bits per heavy atom. The van der Waals surface area contributed by atoms with Crippen LogP contribution < -0.4 is 10.3 Å². The van der Waals surface area contributed by atoms with Gasteiger partial charge in [0, 0.05) is 50.3 Å². The molecule has 2 unspecified atom stereocenters. The number of amides is 2. The van der Waals surface area contributed by atoms with Crippen molar-refractivity contribution in [1.82, 2.24) is 14.4 Å². The molecule has 2 atom stereocenters. The number of thiocarbonyl (C=S) groups is 1. The summed E-state index contributed by atoms with van der Waals surface area (Å²) in [7, 11) is 1.61. The van der Waals surface area contributed by atoms with Gasteiger partial charge in [0.1, 0.15) is 10.1 Å². The SMILES string of the molecule is COc1ccc(C=C2SC(=S)N(CCC(=O)N3CC4CC(C3)c3cccc(=O)n3C4)C2=O)cc1. The third-order valence-corrected chi connectivity index (χ3v) is 8.05. The van der Waals surface area contributed by atoms with Crippen LogP contribution in [-0.2, 0) is 16.1 Å². The third-order valence-electron chi connectivity index (χ3n) is 6.67. The third kappa shape index (κ3) is 4.42. The lowest BCUT2D eigenvalue weighted by molar-refractivity contribution is -0.134. The molecule has 0 spiro atoms. The highest BCUT2D eigenvalue weighted by atomic mass is 32.2. The molecule has 0 aliphatic carbocycles. The fraction of sp³-hybridized carbons (Fsp3) is 0.360. The van der Waals surface area contributed by atoms with E-state index in [-0.39, 0.29) is 42.2 Å². The van der Waals surface area contributed by atoms with Crippen LogP contribution in [0.5, 0.6) is 5.75 Å². The number of piperidine rings is 1. The van der Waals surface area contributed by atoms with Crippen molar-refractivity contribution in [1.29, 1.82) is 0 Å². The number of rotatable bonds is 5. The molecule has 0 N–H and O–H groups in total. The van der Waals surface area contributed by atoms with Gasteiger partial charge in [-0.2, -0.15) is 0 Å². The molecule has 3 aliphatic heterocycles. The van der Waals surface area contributed by atoms with Gasteiger partial charge in [0.25, 0.3) is 11.5 Å². The van der Waals surface area contributed by atoms with E-state index in [1.54, 1.807) is 19.2 Å². The molecule has 0 saturated carbocycles. The first kappa shape index (κ1) is 22.9. The van der Waals surface area contributed by atoms with E-state index in [1.165, 1.54) is 16.7 Å². The molecule has 5 rings (SSSR count). The average Bonchev–Trinajstić information content (AvgIpc) is 3.10. The summed E-state index contributed by atoms with van der Waals surface area (Å²) in [5.41, 5.74) is 1.93. The summed E-state index contributed by atoms with van der Waals surface area (Å²) in [5, 5.41) is 0. The molecular formula is C25H25N3O4S2. The molecular weight excluding hydrogens is 470 g/mol. The number of aromatic nitrogens is 1. The lowest BCUT2D eigenvalue weighted by Gasteiger charge is -2.42. The van der Waals surface area contributed by atoms with Gasteiger partial charge in [0.05, 0.1) is 12.0 Å². The molecule has 1 aromatic heterocycles. The maximum Gasteiger partial charge on any atom is 0.266 e. The summed E-state index contributed by atoms with van der Waals surface area (Å²) in [5.74, 6) is 1.06. The van der Waals surface area contributed by atoms with Crippen molar-refractivity contribution in [3.63, 3.8) is 0 Å². The lowest BCUT2D eigenvalue weighted by Crippen LogP contribution is -2.49. The average molecular weight is 496 g/mol. The first-order valence-electron chi connectivity index (χ1n) is 11.3. The van der Waals surface area contributed by atoms with E-state index in [2.05, 4.69) is 0 Å². The first-order valence-corrected chi connectivity index (χ1v) is 12.5. The summed E-state index contributed by atoms with van der Waals surface area (Å²) in [6.45, 7) is 2.17. The Balaban J connectivity index is 1.22. The van der Waals surface area contributed by atoms with Crippen LogP contribution in [-0.4, -0.2) is 57.2 Å². The number of pyridine rings is 1. The second-order valence-electron chi connectivity index (χ2n) is 8.85. The standard InChI is InChI=1S/C25H25N3O4S2/c1-32-19-7-5-16(6-8-19)12-21-24(31)27(25(33)34-21)10-9-22(29)26-13-17-11-18(15-26)20-3-2-4-23(30)28(20)14-17/h2-8,12,17-18H,9-11,13-15H2,1H3. The zero-order valence-electron chi connectivity index (χ0n) is 18.8. The van der Waals surface area contributed by atoms with Gasteiger partial charge in [-0.3, -0.25) is 19.3 Å². The minimum Gasteiger partial charge on any atom is -0.497 e. The molecule has 9 heteroatoms. The number of benzene rings is 1. The van der Waals surface area contributed by atoms with E-state index in [0.717, 1.165) is 23.4 Å². The smallest absolute Gasteiger partial charge is 0.266 e. The van der Waals surface area contributed by atoms with Crippen LogP contribution in [0.1, 0.15) is 30.0 Å². The Hall–Kier alpha value is -2.91. The Kier molecular flexibility index (Phi) is 6.31. The van der Waals surface area contributed by atoms with Gasteiger partial charge >= 0.3 is 0 Å². The summed E-state index contributed by atoms with van der Waals surface area (Å²) in [6.07, 6.45) is 3.03. The van der Waals surface area contributed by atoms with Gasteiger partial charge in [0.15, 0.2) is 0 Å². The topological polar surface area (TPSA) is 71.8 Å². The quantitative estimate of drug-likeness (QED) is 0.469. The maximum absolute atomic E-state index is 13.1. The normalized spacial score (nSPS) is 22.8. The maximum atomic E-state index is 13.1. The Bertz CT molecular complexity index is 1240. The molecule has 2 fully saturated rings. The fourth-order valence-electron chi connectivity index (χ4n) is 5.01. The second kappa shape index (κ2) is 9.38. The van der Waals surface area contributed by atoms with Crippen molar-refractivity contribution >= 4 is 46.2 Å². The number of thioether (sulfide) groups is 1. The number of hydrogen-bond acceptors (Lipinski definition) is 6. The van der Waals surface area contributed by atoms with E-state index in [0.29, 0.717) is 28.9 Å². The predicted octanol–water partition coefficient (Wildman–Crippen LogP) is 3.09. The van der Waals surface area contributed by atoms with Crippen molar-refractivity contribution in [2.24, 2.45) is 5.92 Å². The highest BCUT2D eigenvalue weighted by Gasteiger charge is 2.37. The number of methoxy groups -OCH3 is 1. The molecule has 3 aliphatic rings. The molecule has 7 nitrogen and oxygen atoms in total. The largest absolute Gasteiger partial charge is 0.497 e. The van der Waals surface area contributed by atoms with Crippen molar-refractivity contribution in [3.05, 3.63) is 69.0 Å². The summed E-state index contributed by atoms with van der Waals surface area (Å²) in [6, 6.07) is 12.8. The van der Waals surface area contributed by atoms with Crippen LogP contribution >= 0.6 is 24.0 Å². The van der Waals surface area contributed by atoms with E-state index in [9.17, 15) is 14.4 Å². The second-order valence-corrected chi connectivity index (χ2v) is 10.5. The number of carbonyl (C=O) groups excluding carboxylic acids is 2. The Morgan fingerprint density at radius 1 is 1.15 bits per heavy atom. The monoisotopic (exact) mass is 495 g/mol. The van der Waals surface area contributed by atoms with Gasteiger partial charge in [-0.1, -0.05) is 42.2 Å². The van der Waals surface area contributed by atoms with Crippen LogP contribution in [0.2, 0.25) is 0 Å². The number of ether oxygens (including phenoxy) is 1. The highest BCUT2D eigenvalue weighted by molar-refractivity contribution is 8.26. The van der Waals surface area contributed by atoms with E-state index >= 15 is 0 Å². The van der Waals surface area contributed by atoms with E-state index in [4.69, 9.17) is 17.0 Å². The van der Waals surface area contributed by atoms with Crippen LogP contribution in [0.15, 0.2) is 52.2 Å². The molecule has 2 saturated heterocycles. The number of nitrogens with zero attached hydrogens (tertiary/aromatic N) is 3. The van der Waals surface area contributed by atoms with Gasteiger partial charge in [-0.15, -0.1) is 0 Å². The minimum atomic E-state index is -0.164. The fourth-order valence-corrected chi connectivity index (χ4v) is 6.32. The molecule has 2 amide bonds. The zero-order valence-corrected chi connectivity index (χ0v) is 20.4. The van der Waals surface area contributed by atoms with Crippen LogP contribution in [0.4, 0.5) is 0 Å². The highest BCUT2D eigenvalue weighted by Crippen LogP contribution is 2.36. The molecule has 1 aromatic carbocycles. The van der Waals surface area contributed by atoms with E-state index < -0.39 is 0 Å². The number of likely N-dealkylation sites (tertiary alicyclic amines) is 1. The molecule has 34 heavy (non-hydrogen) atoms. The molecule has 2 aromatic rings. The van der Waals surface area contributed by atoms with Crippen molar-refractivity contribution < 1.29 is 14.3 Å². The summed E-state index contributed by atoms with van der Waals surface area (Å²) < 4.78 is 7.50. The Morgan fingerprint density at radius 3 is 2.71 bits per heavy atom. The van der Waals surface area contributed by atoms with Crippen molar-refractivity contribution in [2.45, 2.75) is 25.3 Å². The number of carbonyl (C=O) groups is 2. The minimum absolute atomic E-state index is 0.0228. The Labute approximate surface area is 207 Å². The molecule has 176 valence electrons. The van der Waals surface area contributed by atoms with Crippen molar-refractivity contribution in [2.75, 3.05) is 26.7 Å². The van der Waals surface area contributed by atoms with Crippen LogP contribution in [0.3, 0.4) is 0 Å². The first-order chi connectivity index (χ1) is 16.4. The lowest BCUT2D eigenvalue weighted by atomic mass is 9.83. The van der Waals surface area contributed by atoms with Gasteiger partial charge in [-0.25, -0.2) is 0 Å². The number of hydrogen-bond donors (Lipinski definition) is 0. The van der Waals surface area contributed by atoms with Gasteiger partial charge < -0.3 is 14.2 Å². The summed E-state index contributed by atoms with van der Waals surface area (Å²) in [4.78, 5) is 42.2. The van der Waals surface area contributed by atoms with E-state index in [1.807, 2.05) is 45.9 Å². The van der Waals surface area contributed by atoms with Gasteiger partial charge in [0.2, 0.25) is 5.91 Å². The predicted molar refractivity (Wildman–Crippen MR) is 136 cm³/mol. The van der Waals surface area contributed by atoms with Crippen LogP contribution in [0.25, 0.3) is 6.08 Å². The zero-order chi connectivity index (χ0) is 23.8.